The minimum absolute atomic E-state index is 0.179. The molecule has 1 aromatic heterocycles. The Bertz CT molecular complexity index is 546. The van der Waals surface area contributed by atoms with E-state index in [9.17, 15) is 8.78 Å². The molecule has 0 atom stereocenters. The van der Waals surface area contributed by atoms with E-state index in [1.165, 1.54) is 6.07 Å². The van der Waals surface area contributed by atoms with Crippen LogP contribution in [0.4, 0.5) is 8.78 Å². The first-order chi connectivity index (χ1) is 7.18. The van der Waals surface area contributed by atoms with Crippen LogP contribution in [-0.4, -0.2) is 9.55 Å². The number of imidazole rings is 1. The molecule has 0 unspecified atom stereocenters. The molecule has 1 saturated carbocycles. The molecule has 2 nitrogen and oxygen atoms in total. The van der Waals surface area contributed by atoms with Gasteiger partial charge in [0, 0.05) is 6.04 Å². The number of hydrogen-bond acceptors (Lipinski definition) is 1. The average molecular weight is 229 g/mol. The summed E-state index contributed by atoms with van der Waals surface area (Å²) < 4.78 is 28.2. The minimum atomic E-state index is -0.862. The van der Waals surface area contributed by atoms with Crippen molar-refractivity contribution in [1.82, 2.24) is 9.55 Å². The highest BCUT2D eigenvalue weighted by Crippen LogP contribution is 2.40. The van der Waals surface area contributed by atoms with E-state index in [0.29, 0.717) is 5.52 Å². The second-order valence-corrected chi connectivity index (χ2v) is 4.05. The molecule has 0 radical (unpaired) electrons. The summed E-state index contributed by atoms with van der Waals surface area (Å²) >= 11 is 5.89. The SMILES string of the molecule is Fc1ccc2nc(Cl)n(C3CC3)c2c1F. The zero-order chi connectivity index (χ0) is 10.6. The van der Waals surface area contributed by atoms with E-state index >= 15 is 0 Å². The number of halogens is 3. The summed E-state index contributed by atoms with van der Waals surface area (Å²) in [5.41, 5.74) is 0.591. The molecule has 78 valence electrons. The van der Waals surface area contributed by atoms with Crippen LogP contribution in [0.1, 0.15) is 18.9 Å². The molecule has 0 N–H and O–H groups in total. The summed E-state index contributed by atoms with van der Waals surface area (Å²) in [7, 11) is 0. The Labute approximate surface area is 89.5 Å². The maximum absolute atomic E-state index is 13.6. The first kappa shape index (κ1) is 9.09. The van der Waals surface area contributed by atoms with Crippen LogP contribution in [0.25, 0.3) is 11.0 Å². The summed E-state index contributed by atoms with van der Waals surface area (Å²) in [6.07, 6.45) is 1.89. The Kier molecular flexibility index (Phi) is 1.77. The number of aromatic nitrogens is 2. The van der Waals surface area contributed by atoms with Gasteiger partial charge in [0.25, 0.3) is 0 Å². The fraction of sp³-hybridized carbons (Fsp3) is 0.300. The molecule has 1 fully saturated rings. The van der Waals surface area contributed by atoms with Gasteiger partial charge in [0.2, 0.25) is 5.28 Å². The van der Waals surface area contributed by atoms with Crippen LogP contribution in [0.3, 0.4) is 0 Å². The lowest BCUT2D eigenvalue weighted by molar-refractivity contribution is 0.511. The van der Waals surface area contributed by atoms with Gasteiger partial charge in [-0.1, -0.05) is 0 Å². The van der Waals surface area contributed by atoms with Gasteiger partial charge in [0.05, 0.1) is 5.52 Å². The van der Waals surface area contributed by atoms with Crippen molar-refractivity contribution < 1.29 is 8.78 Å². The molecule has 3 rings (SSSR count). The zero-order valence-corrected chi connectivity index (χ0v) is 8.43. The molecule has 1 heterocycles. The van der Waals surface area contributed by atoms with Crippen LogP contribution in [0.2, 0.25) is 5.28 Å². The number of rotatable bonds is 1. The number of hydrogen-bond donors (Lipinski definition) is 0. The standard InChI is InChI=1S/C10H7ClF2N2/c11-10-14-7-4-3-6(12)8(13)9(7)15(10)5-1-2-5/h3-5H,1-2H2. The Morgan fingerprint density at radius 1 is 1.33 bits per heavy atom. The van der Waals surface area contributed by atoms with Gasteiger partial charge in [-0.05, 0) is 36.6 Å². The van der Waals surface area contributed by atoms with E-state index in [4.69, 9.17) is 11.6 Å². The Balaban J connectivity index is 2.40. The van der Waals surface area contributed by atoms with Gasteiger partial charge in [0.15, 0.2) is 11.6 Å². The van der Waals surface area contributed by atoms with Gasteiger partial charge in [-0.25, -0.2) is 13.8 Å². The molecule has 1 aliphatic carbocycles. The fourth-order valence-electron chi connectivity index (χ4n) is 1.76. The van der Waals surface area contributed by atoms with Crippen molar-refractivity contribution in [2.75, 3.05) is 0 Å². The number of benzene rings is 1. The van der Waals surface area contributed by atoms with Gasteiger partial charge in [-0.15, -0.1) is 0 Å². The van der Waals surface area contributed by atoms with Crippen molar-refractivity contribution in [1.29, 1.82) is 0 Å². The molecule has 1 aliphatic rings. The van der Waals surface area contributed by atoms with E-state index in [-0.39, 0.29) is 16.8 Å². The molecular weight excluding hydrogens is 222 g/mol. The topological polar surface area (TPSA) is 17.8 Å². The second-order valence-electron chi connectivity index (χ2n) is 3.71. The quantitative estimate of drug-likeness (QED) is 0.732. The van der Waals surface area contributed by atoms with Gasteiger partial charge in [-0.2, -0.15) is 0 Å². The lowest BCUT2D eigenvalue weighted by atomic mass is 10.3. The molecule has 5 heteroatoms. The molecule has 0 bridgehead atoms. The average Bonchev–Trinajstić information content (AvgIpc) is 2.97. The first-order valence-corrected chi connectivity index (χ1v) is 5.07. The smallest absolute Gasteiger partial charge is 0.204 e. The van der Waals surface area contributed by atoms with Gasteiger partial charge in [0.1, 0.15) is 5.52 Å². The van der Waals surface area contributed by atoms with Gasteiger partial charge in [-0.3, -0.25) is 0 Å². The summed E-state index contributed by atoms with van der Waals surface area (Å²) in [5.74, 6) is -1.72. The molecule has 0 saturated heterocycles. The van der Waals surface area contributed by atoms with Crippen LogP contribution in [0.5, 0.6) is 0 Å². The molecular formula is C10H7ClF2N2. The minimum Gasteiger partial charge on any atom is -0.309 e. The van der Waals surface area contributed by atoms with Crippen molar-refractivity contribution in [2.45, 2.75) is 18.9 Å². The molecule has 1 aromatic carbocycles. The van der Waals surface area contributed by atoms with Crippen LogP contribution < -0.4 is 0 Å². The first-order valence-electron chi connectivity index (χ1n) is 4.70. The Hall–Kier alpha value is -1.16. The van der Waals surface area contributed by atoms with E-state index in [2.05, 4.69) is 4.98 Å². The van der Waals surface area contributed by atoms with E-state index < -0.39 is 11.6 Å². The van der Waals surface area contributed by atoms with Crippen molar-refractivity contribution in [3.8, 4) is 0 Å². The number of fused-ring (bicyclic) bond motifs is 1. The van der Waals surface area contributed by atoms with Crippen molar-refractivity contribution >= 4 is 22.6 Å². The maximum Gasteiger partial charge on any atom is 0.204 e. The summed E-state index contributed by atoms with van der Waals surface area (Å²) in [6, 6.07) is 2.69. The Morgan fingerprint density at radius 2 is 2.07 bits per heavy atom. The lowest BCUT2D eigenvalue weighted by Gasteiger charge is -2.03. The maximum atomic E-state index is 13.6. The molecule has 2 aromatic rings. The number of nitrogens with zero attached hydrogens (tertiary/aromatic N) is 2. The highest BCUT2D eigenvalue weighted by Gasteiger charge is 2.29. The van der Waals surface area contributed by atoms with Gasteiger partial charge < -0.3 is 4.57 Å². The van der Waals surface area contributed by atoms with Crippen LogP contribution in [0.15, 0.2) is 12.1 Å². The van der Waals surface area contributed by atoms with Gasteiger partial charge >= 0.3 is 0 Å². The largest absolute Gasteiger partial charge is 0.309 e. The normalized spacial score (nSPS) is 16.2. The fourth-order valence-corrected chi connectivity index (χ4v) is 2.07. The highest BCUT2D eigenvalue weighted by molar-refractivity contribution is 6.29. The molecule has 0 spiro atoms. The predicted octanol–water partition coefficient (Wildman–Crippen LogP) is 3.30. The third kappa shape index (κ3) is 1.24. The predicted molar refractivity (Wildman–Crippen MR) is 52.9 cm³/mol. The Morgan fingerprint density at radius 3 is 2.73 bits per heavy atom. The van der Waals surface area contributed by atoms with Crippen molar-refractivity contribution in [3.63, 3.8) is 0 Å². The highest BCUT2D eigenvalue weighted by atomic mass is 35.5. The van der Waals surface area contributed by atoms with E-state index in [0.717, 1.165) is 18.9 Å². The monoisotopic (exact) mass is 228 g/mol. The summed E-state index contributed by atoms with van der Waals surface area (Å²) in [4.78, 5) is 4.00. The summed E-state index contributed by atoms with van der Waals surface area (Å²) in [5, 5.41) is 0.233. The van der Waals surface area contributed by atoms with Crippen LogP contribution in [-0.2, 0) is 0 Å². The zero-order valence-electron chi connectivity index (χ0n) is 7.67. The van der Waals surface area contributed by atoms with E-state index in [1.54, 1.807) is 4.57 Å². The van der Waals surface area contributed by atoms with Crippen LogP contribution in [0, 0.1) is 11.6 Å². The molecule has 0 aliphatic heterocycles. The van der Waals surface area contributed by atoms with Crippen molar-refractivity contribution in [3.05, 3.63) is 29.1 Å². The molecule has 15 heavy (non-hydrogen) atoms. The second kappa shape index (κ2) is 2.92. The van der Waals surface area contributed by atoms with Crippen LogP contribution >= 0.6 is 11.6 Å². The summed E-state index contributed by atoms with van der Waals surface area (Å²) in [6.45, 7) is 0. The molecule has 0 amide bonds. The van der Waals surface area contributed by atoms with Crippen molar-refractivity contribution in [2.24, 2.45) is 0 Å². The lowest BCUT2D eigenvalue weighted by Crippen LogP contribution is -1.97. The van der Waals surface area contributed by atoms with E-state index in [1.807, 2.05) is 0 Å². The third-order valence-electron chi connectivity index (χ3n) is 2.61. The third-order valence-corrected chi connectivity index (χ3v) is 2.88.